The summed E-state index contributed by atoms with van der Waals surface area (Å²) in [5.41, 5.74) is 0.865. The third-order valence-corrected chi connectivity index (χ3v) is 5.32. The Hall–Kier alpha value is -3.52. The minimum atomic E-state index is -1.32. The van der Waals surface area contributed by atoms with Crippen molar-refractivity contribution in [2.24, 2.45) is 0 Å². The number of piperidine rings is 1. The van der Waals surface area contributed by atoms with E-state index in [4.69, 9.17) is 5.26 Å². The van der Waals surface area contributed by atoms with Crippen LogP contribution < -0.4 is 15.5 Å². The Kier molecular flexibility index (Phi) is 6.05. The van der Waals surface area contributed by atoms with Crippen molar-refractivity contribution in [2.75, 3.05) is 28.6 Å². The number of pyridine rings is 1. The lowest BCUT2D eigenvalue weighted by Crippen LogP contribution is -2.45. The molecule has 0 aromatic carbocycles. The molecule has 0 aliphatic carbocycles. The summed E-state index contributed by atoms with van der Waals surface area (Å²) < 4.78 is 15.8. The minimum Gasteiger partial charge on any atom is -0.390 e. The molecule has 168 valence electrons. The third-order valence-electron chi connectivity index (χ3n) is 5.32. The predicted molar refractivity (Wildman–Crippen MR) is 120 cm³/mol. The first-order valence-corrected chi connectivity index (χ1v) is 10.6. The molecule has 0 bridgehead atoms. The maximum atomic E-state index is 13.9. The highest BCUT2D eigenvalue weighted by molar-refractivity contribution is 5.91. The van der Waals surface area contributed by atoms with E-state index in [9.17, 15) is 9.50 Å². The number of aliphatic hydroxyl groups excluding tert-OH is 1. The van der Waals surface area contributed by atoms with Crippen molar-refractivity contribution in [3.63, 3.8) is 0 Å². The van der Waals surface area contributed by atoms with Gasteiger partial charge in [-0.2, -0.15) is 15.3 Å². The molecule has 4 rings (SSSR count). The van der Waals surface area contributed by atoms with Gasteiger partial charge in [0.15, 0.2) is 5.82 Å². The van der Waals surface area contributed by atoms with Gasteiger partial charge in [-0.3, -0.25) is 4.68 Å². The molecular formula is C21H26FN9O. The third kappa shape index (κ3) is 4.40. The molecule has 11 heteroatoms. The fourth-order valence-corrected chi connectivity index (χ4v) is 3.61. The number of nitrogens with one attached hydrogen (secondary N) is 2. The van der Waals surface area contributed by atoms with E-state index in [1.54, 1.807) is 30.3 Å². The molecule has 3 atom stereocenters. The summed E-state index contributed by atoms with van der Waals surface area (Å²) in [6, 6.07) is 5.46. The van der Waals surface area contributed by atoms with E-state index >= 15 is 0 Å². The number of hydrogen-bond donors (Lipinski definition) is 3. The van der Waals surface area contributed by atoms with Gasteiger partial charge in [-0.25, -0.2) is 14.4 Å². The maximum Gasteiger partial charge on any atom is 0.227 e. The monoisotopic (exact) mass is 439 g/mol. The Balaban J connectivity index is 1.60. The Morgan fingerprint density at radius 3 is 2.81 bits per heavy atom. The second kappa shape index (κ2) is 8.92. The van der Waals surface area contributed by atoms with Gasteiger partial charge in [0.25, 0.3) is 0 Å². The van der Waals surface area contributed by atoms with Crippen LogP contribution in [0.15, 0.2) is 24.5 Å². The summed E-state index contributed by atoms with van der Waals surface area (Å²) in [5.74, 6) is 2.10. The van der Waals surface area contributed by atoms with Gasteiger partial charge in [-0.1, -0.05) is 0 Å². The highest BCUT2D eigenvalue weighted by Crippen LogP contribution is 2.28. The molecule has 0 saturated carbocycles. The molecule has 0 amide bonds. The van der Waals surface area contributed by atoms with Crippen LogP contribution in [-0.2, 0) is 0 Å². The zero-order valence-corrected chi connectivity index (χ0v) is 18.2. The van der Waals surface area contributed by atoms with Crippen molar-refractivity contribution in [1.82, 2.24) is 24.7 Å². The first kappa shape index (κ1) is 21.7. The fourth-order valence-electron chi connectivity index (χ4n) is 3.61. The number of halogens is 1. The fraction of sp³-hybridized carbons (Fsp3) is 0.476. The molecular weight excluding hydrogens is 413 g/mol. The van der Waals surface area contributed by atoms with E-state index in [1.165, 1.54) is 0 Å². The Labute approximate surface area is 185 Å². The van der Waals surface area contributed by atoms with Crippen LogP contribution in [0.25, 0.3) is 10.9 Å². The molecule has 32 heavy (non-hydrogen) atoms. The van der Waals surface area contributed by atoms with Crippen molar-refractivity contribution >= 4 is 34.3 Å². The number of rotatable bonds is 6. The minimum absolute atomic E-state index is 0.0549. The SMILES string of the molecule is CC(C#N)Nc1nn(C(C)C)c2cc(Nc3ccnc(N4CC[C@H](O)[C@H](F)C4)n3)ncc12. The Morgan fingerprint density at radius 2 is 2.09 bits per heavy atom. The molecule has 1 aliphatic rings. The van der Waals surface area contributed by atoms with E-state index in [2.05, 4.69) is 36.8 Å². The van der Waals surface area contributed by atoms with Crippen LogP contribution in [0.4, 0.5) is 27.8 Å². The van der Waals surface area contributed by atoms with Crippen LogP contribution in [-0.4, -0.2) is 61.2 Å². The van der Waals surface area contributed by atoms with Crippen molar-refractivity contribution in [2.45, 2.75) is 51.6 Å². The van der Waals surface area contributed by atoms with Crippen LogP contribution in [0.2, 0.25) is 0 Å². The Bertz CT molecular complexity index is 1140. The van der Waals surface area contributed by atoms with E-state index in [0.29, 0.717) is 36.4 Å². The molecule has 1 unspecified atom stereocenters. The smallest absolute Gasteiger partial charge is 0.227 e. The molecule has 1 fully saturated rings. The van der Waals surface area contributed by atoms with Crippen molar-refractivity contribution in [3.8, 4) is 6.07 Å². The molecule has 1 aliphatic heterocycles. The van der Waals surface area contributed by atoms with E-state index < -0.39 is 12.3 Å². The summed E-state index contributed by atoms with van der Waals surface area (Å²) in [4.78, 5) is 14.9. The first-order valence-electron chi connectivity index (χ1n) is 10.6. The highest BCUT2D eigenvalue weighted by Gasteiger charge is 2.28. The molecule has 3 aromatic heterocycles. The topological polar surface area (TPSA) is 128 Å². The number of anilines is 4. The second-order valence-corrected chi connectivity index (χ2v) is 8.15. The number of aliphatic hydroxyl groups is 1. The molecule has 1 saturated heterocycles. The molecule has 3 N–H and O–H groups in total. The lowest BCUT2D eigenvalue weighted by Gasteiger charge is -2.32. The normalized spacial score (nSPS) is 19.7. The first-order chi connectivity index (χ1) is 15.4. The molecule has 10 nitrogen and oxygen atoms in total. The van der Waals surface area contributed by atoms with Gasteiger partial charge in [-0.15, -0.1) is 0 Å². The van der Waals surface area contributed by atoms with Gasteiger partial charge < -0.3 is 20.6 Å². The molecule has 3 aromatic rings. The number of nitrogens with zero attached hydrogens (tertiary/aromatic N) is 7. The Morgan fingerprint density at radius 1 is 1.28 bits per heavy atom. The molecule has 0 spiro atoms. The number of alkyl halides is 1. The van der Waals surface area contributed by atoms with Crippen LogP contribution in [0.3, 0.4) is 0 Å². The quantitative estimate of drug-likeness (QED) is 0.531. The van der Waals surface area contributed by atoms with E-state index in [-0.39, 0.29) is 18.6 Å². The van der Waals surface area contributed by atoms with Gasteiger partial charge in [0.1, 0.15) is 23.8 Å². The zero-order chi connectivity index (χ0) is 22.8. The number of hydrogen-bond acceptors (Lipinski definition) is 9. The maximum absolute atomic E-state index is 13.9. The van der Waals surface area contributed by atoms with Crippen LogP contribution in [0, 0.1) is 11.3 Å². The predicted octanol–water partition coefficient (Wildman–Crippen LogP) is 2.78. The summed E-state index contributed by atoms with van der Waals surface area (Å²) in [7, 11) is 0. The molecule has 0 radical (unpaired) electrons. The van der Waals surface area contributed by atoms with E-state index in [0.717, 1.165) is 10.9 Å². The van der Waals surface area contributed by atoms with Crippen molar-refractivity contribution in [1.29, 1.82) is 5.26 Å². The number of fused-ring (bicyclic) bond motifs is 1. The standard InChI is InChI=1S/C21H26FN9O/c1-12(2)31-16-8-19(25-10-14(16)20(29-31)26-13(3)9-23)27-18-4-6-24-21(28-18)30-7-5-17(32)15(22)11-30/h4,6,8,10,12-13,15,17,32H,5,7,11H2,1-3H3,(H,26,29)(H,24,25,27,28)/t13?,15-,17+/m1/s1. The van der Waals surface area contributed by atoms with Gasteiger partial charge >= 0.3 is 0 Å². The van der Waals surface area contributed by atoms with Crippen molar-refractivity contribution < 1.29 is 9.50 Å². The van der Waals surface area contributed by atoms with Crippen molar-refractivity contribution in [3.05, 3.63) is 24.5 Å². The summed E-state index contributed by atoms with van der Waals surface area (Å²) >= 11 is 0. The summed E-state index contributed by atoms with van der Waals surface area (Å²) in [6.07, 6.45) is 1.38. The van der Waals surface area contributed by atoms with Gasteiger partial charge in [0.2, 0.25) is 5.95 Å². The summed E-state index contributed by atoms with van der Waals surface area (Å²) in [6.45, 7) is 6.37. The van der Waals surface area contributed by atoms with E-state index in [1.807, 2.05) is 24.6 Å². The van der Waals surface area contributed by atoms with Gasteiger partial charge in [-0.05, 0) is 33.3 Å². The van der Waals surface area contributed by atoms with Crippen LogP contribution in [0.1, 0.15) is 33.2 Å². The second-order valence-electron chi connectivity index (χ2n) is 8.15. The van der Waals surface area contributed by atoms with Gasteiger partial charge in [0.05, 0.1) is 29.6 Å². The highest BCUT2D eigenvalue weighted by atomic mass is 19.1. The average Bonchev–Trinajstić information content (AvgIpc) is 3.13. The number of nitriles is 1. The van der Waals surface area contributed by atoms with Crippen LogP contribution in [0.5, 0.6) is 0 Å². The number of aromatic nitrogens is 5. The van der Waals surface area contributed by atoms with Gasteiger partial charge in [0, 0.05) is 31.0 Å². The summed E-state index contributed by atoms with van der Waals surface area (Å²) in [5, 5.41) is 30.4. The zero-order valence-electron chi connectivity index (χ0n) is 18.2. The lowest BCUT2D eigenvalue weighted by atomic mass is 10.1. The lowest BCUT2D eigenvalue weighted by molar-refractivity contribution is 0.0612. The van der Waals surface area contributed by atoms with Crippen LogP contribution >= 0.6 is 0 Å². The average molecular weight is 439 g/mol. The largest absolute Gasteiger partial charge is 0.390 e. The molecule has 4 heterocycles.